The Morgan fingerprint density at radius 3 is 0.977 bits per heavy atom. The summed E-state index contributed by atoms with van der Waals surface area (Å²) in [6.07, 6.45) is 7.24. The van der Waals surface area contributed by atoms with E-state index in [-0.39, 0.29) is 52.9 Å². The molecule has 3 N–H and O–H groups in total. The van der Waals surface area contributed by atoms with Crippen LogP contribution in [0.25, 0.3) is 0 Å². The van der Waals surface area contributed by atoms with Gasteiger partial charge in [-0.3, -0.25) is 19.3 Å². The molecule has 10 nitrogen and oxygen atoms in total. The van der Waals surface area contributed by atoms with Gasteiger partial charge in [0.25, 0.3) is 0 Å². The first-order chi connectivity index (χ1) is 19.3. The molecule has 0 saturated heterocycles. The largest absolute Gasteiger partial charge is 0.430 e. The van der Waals surface area contributed by atoms with Gasteiger partial charge in [-0.05, 0) is 101 Å². The Hall–Kier alpha value is -2.53. The molecule has 0 aromatic carbocycles. The Kier molecular flexibility index (Phi) is 9.84. The summed E-state index contributed by atoms with van der Waals surface area (Å²) in [6.45, 7) is 23.5. The maximum Gasteiger partial charge on any atom is 0.325 e. The van der Waals surface area contributed by atoms with E-state index in [9.17, 15) is 14.4 Å². The van der Waals surface area contributed by atoms with E-state index in [4.69, 9.17) is 14.2 Å². The predicted octanol–water partition coefficient (Wildman–Crippen LogP) is 4.22. The lowest BCUT2D eigenvalue weighted by Crippen LogP contribution is -2.54. The lowest BCUT2D eigenvalue weighted by Gasteiger charge is -2.40. The number of carbonyl (C=O) groups is 3. The lowest BCUT2D eigenvalue weighted by atomic mass is 9.87. The van der Waals surface area contributed by atoms with E-state index in [1.807, 2.05) is 101 Å². The van der Waals surface area contributed by atoms with Gasteiger partial charge in [-0.2, -0.15) is 0 Å². The number of ether oxygens (including phenoxy) is 3. The molecule has 242 valence electrons. The molecule has 3 aliphatic heterocycles. The average Bonchev–Trinajstić information content (AvgIpc) is 2.65. The van der Waals surface area contributed by atoms with E-state index in [1.54, 1.807) is 0 Å². The highest BCUT2D eigenvalue weighted by molar-refractivity contribution is 5.79. The highest BCUT2D eigenvalue weighted by atomic mass is 16.6. The Morgan fingerprint density at radius 1 is 0.535 bits per heavy atom. The number of hydrogen-bond acceptors (Lipinski definition) is 10. The van der Waals surface area contributed by atoms with Crippen molar-refractivity contribution in [3.63, 3.8) is 0 Å². The second-order valence-electron chi connectivity index (χ2n) is 16.1. The van der Waals surface area contributed by atoms with Crippen molar-refractivity contribution < 1.29 is 28.6 Å². The number of nitrogens with one attached hydrogen (secondary N) is 3. The number of rotatable bonds is 9. The minimum absolute atomic E-state index is 0.268. The van der Waals surface area contributed by atoms with Crippen LogP contribution >= 0.6 is 0 Å². The Balaban J connectivity index is 1.74. The summed E-state index contributed by atoms with van der Waals surface area (Å²) >= 11 is 0. The van der Waals surface area contributed by atoms with Crippen molar-refractivity contribution in [1.29, 1.82) is 0 Å². The van der Waals surface area contributed by atoms with Crippen molar-refractivity contribution in [3.05, 3.63) is 35.5 Å². The van der Waals surface area contributed by atoms with Crippen LogP contribution in [-0.4, -0.2) is 75.7 Å². The van der Waals surface area contributed by atoms with E-state index < -0.39 is 17.9 Å². The number of nitrogens with zero attached hydrogens (tertiary/aromatic N) is 1. The van der Waals surface area contributed by atoms with E-state index in [0.717, 1.165) is 0 Å². The molecule has 10 heteroatoms. The van der Waals surface area contributed by atoms with Crippen molar-refractivity contribution in [3.8, 4) is 0 Å². The fraction of sp³-hybridized carbons (Fsp3) is 0.727. The monoisotopic (exact) mass is 602 g/mol. The molecule has 0 aliphatic carbocycles. The van der Waals surface area contributed by atoms with E-state index in [2.05, 4.69) is 16.0 Å². The maximum absolute atomic E-state index is 13.2. The summed E-state index contributed by atoms with van der Waals surface area (Å²) in [7, 11) is 0. The number of carbonyl (C=O) groups excluding carboxylic acids is 3. The van der Waals surface area contributed by atoms with Gasteiger partial charge < -0.3 is 30.2 Å². The predicted molar refractivity (Wildman–Crippen MR) is 167 cm³/mol. The fourth-order valence-corrected chi connectivity index (χ4v) is 6.97. The van der Waals surface area contributed by atoms with Crippen LogP contribution in [0.5, 0.6) is 0 Å². The third kappa shape index (κ3) is 11.5. The summed E-state index contributed by atoms with van der Waals surface area (Å²) in [6, 6.07) is 0. The van der Waals surface area contributed by atoms with E-state index in [0.29, 0.717) is 36.5 Å². The van der Waals surface area contributed by atoms with Crippen LogP contribution in [0.1, 0.15) is 102 Å². The zero-order valence-electron chi connectivity index (χ0n) is 28.4. The van der Waals surface area contributed by atoms with Crippen LogP contribution in [-0.2, 0) is 28.6 Å². The third-order valence-corrected chi connectivity index (χ3v) is 7.19. The molecular formula is C33H54N4O6. The first-order valence-corrected chi connectivity index (χ1v) is 15.2. The zero-order chi connectivity index (χ0) is 32.6. The normalized spacial score (nSPS) is 24.6. The van der Waals surface area contributed by atoms with Crippen LogP contribution in [0.4, 0.5) is 0 Å². The smallest absolute Gasteiger partial charge is 0.325 e. The van der Waals surface area contributed by atoms with Crippen molar-refractivity contribution in [2.75, 3.05) is 19.6 Å². The number of esters is 3. The highest BCUT2D eigenvalue weighted by Gasteiger charge is 2.37. The first kappa shape index (κ1) is 35.0. The van der Waals surface area contributed by atoms with Crippen LogP contribution in [0.15, 0.2) is 35.5 Å². The minimum atomic E-state index is -0.563. The topological polar surface area (TPSA) is 118 Å². The second kappa shape index (κ2) is 12.1. The average molecular weight is 603 g/mol. The summed E-state index contributed by atoms with van der Waals surface area (Å²) in [5.41, 5.74) is -1.89. The minimum Gasteiger partial charge on any atom is -0.430 e. The van der Waals surface area contributed by atoms with Gasteiger partial charge in [-0.25, -0.2) is 0 Å². The van der Waals surface area contributed by atoms with Crippen LogP contribution < -0.4 is 16.0 Å². The molecule has 0 bridgehead atoms. The van der Waals surface area contributed by atoms with Gasteiger partial charge in [-0.15, -0.1) is 0 Å². The van der Waals surface area contributed by atoms with E-state index >= 15 is 0 Å². The van der Waals surface area contributed by atoms with Gasteiger partial charge in [0, 0.05) is 52.5 Å². The van der Waals surface area contributed by atoms with Crippen molar-refractivity contribution in [2.45, 2.75) is 136 Å². The molecule has 0 radical (unpaired) electrons. The fourth-order valence-electron chi connectivity index (χ4n) is 6.97. The molecule has 0 aromatic heterocycles. The van der Waals surface area contributed by atoms with Gasteiger partial charge in [0.1, 0.15) is 17.3 Å². The second-order valence-corrected chi connectivity index (χ2v) is 16.1. The molecule has 3 heterocycles. The Bertz CT molecular complexity index is 1060. The highest BCUT2D eigenvalue weighted by Crippen LogP contribution is 2.30. The number of hydrogen-bond donors (Lipinski definition) is 3. The maximum atomic E-state index is 13.2. The molecule has 0 aromatic rings. The lowest BCUT2D eigenvalue weighted by molar-refractivity contribution is -0.148. The summed E-state index contributed by atoms with van der Waals surface area (Å²) < 4.78 is 17.3. The van der Waals surface area contributed by atoms with Crippen LogP contribution in [0, 0.1) is 0 Å². The van der Waals surface area contributed by atoms with Crippen LogP contribution in [0.2, 0.25) is 0 Å². The van der Waals surface area contributed by atoms with Crippen molar-refractivity contribution in [1.82, 2.24) is 20.9 Å². The van der Waals surface area contributed by atoms with Gasteiger partial charge >= 0.3 is 17.9 Å². The molecule has 0 atom stereocenters. The summed E-state index contributed by atoms with van der Waals surface area (Å²) in [5, 5.41) is 10.5. The standard InChI is InChI=1S/C33H54N4O6/c1-28(2)13-22(14-29(3,4)34-28)41-25(38)19-37(20-26(39)42-23-15-30(5,6)35-31(7,8)16-23)21-27(40)43-24-17-32(9,10)36-33(11,12)18-24/h13,15,17,34-36H,14,16,18-21H2,1-12H3. The van der Waals surface area contributed by atoms with Crippen molar-refractivity contribution in [2.24, 2.45) is 0 Å². The third-order valence-electron chi connectivity index (χ3n) is 7.19. The molecule has 43 heavy (non-hydrogen) atoms. The van der Waals surface area contributed by atoms with E-state index in [1.165, 1.54) is 4.90 Å². The molecule has 0 spiro atoms. The van der Waals surface area contributed by atoms with Gasteiger partial charge in [0.05, 0.1) is 19.6 Å². The first-order valence-electron chi connectivity index (χ1n) is 15.2. The molecule has 3 aliphatic rings. The SMILES string of the molecule is CC1(C)C=C(OC(=O)CN(CC(=O)OC2=CC(C)(C)NC(C)(C)C2)CC(=O)OC2=CC(C)(C)NC(C)(C)C2)CC(C)(C)N1. The molecular weight excluding hydrogens is 548 g/mol. The summed E-state index contributed by atoms with van der Waals surface area (Å²) in [4.78, 5) is 40.9. The molecule has 0 amide bonds. The quantitative estimate of drug-likeness (QED) is 0.262. The zero-order valence-corrected chi connectivity index (χ0v) is 28.4. The van der Waals surface area contributed by atoms with Gasteiger partial charge in [-0.1, -0.05) is 0 Å². The molecule has 3 rings (SSSR count). The van der Waals surface area contributed by atoms with Crippen LogP contribution in [0.3, 0.4) is 0 Å². The Labute approximate surface area is 258 Å². The Morgan fingerprint density at radius 2 is 0.767 bits per heavy atom. The molecule has 0 fully saturated rings. The van der Waals surface area contributed by atoms with Gasteiger partial charge in [0.2, 0.25) is 0 Å². The summed E-state index contributed by atoms with van der Waals surface area (Å²) in [5.74, 6) is -0.0290. The van der Waals surface area contributed by atoms with Gasteiger partial charge in [0.15, 0.2) is 0 Å². The molecule has 0 saturated carbocycles. The van der Waals surface area contributed by atoms with Crippen molar-refractivity contribution >= 4 is 17.9 Å². The molecule has 0 unspecified atom stereocenters.